The molecule has 4 rings (SSSR count). The summed E-state index contributed by atoms with van der Waals surface area (Å²) in [5, 5.41) is 9.77. The summed E-state index contributed by atoms with van der Waals surface area (Å²) >= 11 is 3.80. The van der Waals surface area contributed by atoms with Crippen molar-refractivity contribution in [1.82, 2.24) is 9.97 Å². The van der Waals surface area contributed by atoms with E-state index in [0.29, 0.717) is 30.4 Å². The molecule has 0 amide bonds. The third-order valence-corrected chi connectivity index (χ3v) is 6.95. The van der Waals surface area contributed by atoms with Crippen molar-refractivity contribution in [2.45, 2.75) is 38.9 Å². The Morgan fingerprint density at radius 1 is 1.03 bits per heavy atom. The van der Waals surface area contributed by atoms with Crippen LogP contribution in [0.15, 0.2) is 59.1 Å². The molecule has 4 aromatic rings. The molecular weight excluding hydrogens is 508 g/mol. The Balaban J connectivity index is 1.78. The maximum atomic E-state index is 9.77. The van der Waals surface area contributed by atoms with Gasteiger partial charge in [0.25, 0.3) is 0 Å². The first kappa shape index (κ1) is 25.2. The van der Waals surface area contributed by atoms with Crippen LogP contribution in [-0.4, -0.2) is 35.9 Å². The van der Waals surface area contributed by atoms with Gasteiger partial charge in [-0.3, -0.25) is 0 Å². The molecule has 7 heteroatoms. The Hall–Kier alpha value is -2.87. The van der Waals surface area contributed by atoms with Crippen molar-refractivity contribution in [3.63, 3.8) is 0 Å². The van der Waals surface area contributed by atoms with E-state index in [1.54, 1.807) is 14.2 Å². The van der Waals surface area contributed by atoms with E-state index in [2.05, 4.69) is 59.0 Å². The van der Waals surface area contributed by atoms with Gasteiger partial charge in [0.2, 0.25) is 0 Å². The lowest BCUT2D eigenvalue weighted by molar-refractivity contribution is 0.123. The minimum Gasteiger partial charge on any atom is -0.494 e. The zero-order chi connectivity index (χ0) is 24.9. The minimum atomic E-state index is -0.346. The molecule has 0 aliphatic carbocycles. The SMILES string of the molecule is COCCC(Oc1ccccc1CO)c1cc(OC)c2[nH]c(-c3ccc(C(C)C)cc3)nc2c1Br. The van der Waals surface area contributed by atoms with Gasteiger partial charge in [0.1, 0.15) is 34.5 Å². The number of hydrogen-bond acceptors (Lipinski definition) is 5. The van der Waals surface area contributed by atoms with E-state index in [9.17, 15) is 5.11 Å². The maximum absolute atomic E-state index is 9.77. The summed E-state index contributed by atoms with van der Waals surface area (Å²) in [5.41, 5.74) is 5.49. The van der Waals surface area contributed by atoms with E-state index in [0.717, 1.165) is 38.0 Å². The summed E-state index contributed by atoms with van der Waals surface area (Å²) < 4.78 is 18.4. The van der Waals surface area contributed by atoms with Crippen LogP contribution in [-0.2, 0) is 11.3 Å². The first-order valence-electron chi connectivity index (χ1n) is 11.7. The highest BCUT2D eigenvalue weighted by molar-refractivity contribution is 9.10. The first-order chi connectivity index (χ1) is 17.0. The topological polar surface area (TPSA) is 76.6 Å². The van der Waals surface area contributed by atoms with E-state index in [1.807, 2.05) is 30.3 Å². The van der Waals surface area contributed by atoms with Gasteiger partial charge in [-0.1, -0.05) is 56.3 Å². The number of aromatic nitrogens is 2. The van der Waals surface area contributed by atoms with Gasteiger partial charge in [0.15, 0.2) is 0 Å². The van der Waals surface area contributed by atoms with Gasteiger partial charge in [-0.05, 0) is 39.5 Å². The smallest absolute Gasteiger partial charge is 0.145 e. The Bertz CT molecular complexity index is 1280. The quantitative estimate of drug-likeness (QED) is 0.233. The molecule has 6 nitrogen and oxygen atoms in total. The average Bonchev–Trinajstić information content (AvgIpc) is 3.33. The monoisotopic (exact) mass is 538 g/mol. The summed E-state index contributed by atoms with van der Waals surface area (Å²) in [5.74, 6) is 2.55. The highest BCUT2D eigenvalue weighted by Gasteiger charge is 2.24. The second-order valence-corrected chi connectivity index (χ2v) is 9.51. The molecule has 0 saturated carbocycles. The van der Waals surface area contributed by atoms with Gasteiger partial charge < -0.3 is 24.3 Å². The van der Waals surface area contributed by atoms with Crippen molar-refractivity contribution in [3.05, 3.63) is 75.8 Å². The number of para-hydroxylation sites is 1. The van der Waals surface area contributed by atoms with Gasteiger partial charge in [0, 0.05) is 30.2 Å². The molecule has 0 radical (unpaired) electrons. The first-order valence-corrected chi connectivity index (χ1v) is 12.5. The largest absolute Gasteiger partial charge is 0.494 e. The molecule has 1 unspecified atom stereocenters. The van der Waals surface area contributed by atoms with Crippen LogP contribution < -0.4 is 9.47 Å². The maximum Gasteiger partial charge on any atom is 0.145 e. The summed E-state index contributed by atoms with van der Waals surface area (Å²) in [6.45, 7) is 4.77. The fraction of sp³-hybridized carbons (Fsp3) is 0.321. The third-order valence-electron chi connectivity index (χ3n) is 6.11. The second-order valence-electron chi connectivity index (χ2n) is 8.72. The van der Waals surface area contributed by atoms with Gasteiger partial charge in [-0.15, -0.1) is 0 Å². The molecule has 0 fully saturated rings. The summed E-state index contributed by atoms with van der Waals surface area (Å²) in [6.07, 6.45) is 0.262. The number of halogens is 1. The molecule has 0 aliphatic rings. The molecule has 0 spiro atoms. The van der Waals surface area contributed by atoms with Gasteiger partial charge in [-0.25, -0.2) is 4.98 Å². The average molecular weight is 539 g/mol. The van der Waals surface area contributed by atoms with Crippen molar-refractivity contribution in [2.75, 3.05) is 20.8 Å². The van der Waals surface area contributed by atoms with Crippen LogP contribution >= 0.6 is 15.9 Å². The summed E-state index contributed by atoms with van der Waals surface area (Å²) in [7, 11) is 3.32. The molecule has 1 atom stereocenters. The highest BCUT2D eigenvalue weighted by Crippen LogP contribution is 2.40. The number of benzene rings is 3. The zero-order valence-electron chi connectivity index (χ0n) is 20.5. The second kappa shape index (κ2) is 11.2. The normalized spacial score (nSPS) is 12.3. The van der Waals surface area contributed by atoms with Crippen molar-refractivity contribution in [1.29, 1.82) is 0 Å². The molecule has 0 aliphatic heterocycles. The lowest BCUT2D eigenvalue weighted by Gasteiger charge is -2.23. The Labute approximate surface area is 214 Å². The van der Waals surface area contributed by atoms with Crippen molar-refractivity contribution in [2.24, 2.45) is 0 Å². The molecule has 0 bridgehead atoms. The van der Waals surface area contributed by atoms with Gasteiger partial charge in [0.05, 0.1) is 24.8 Å². The van der Waals surface area contributed by atoms with Gasteiger partial charge in [-0.2, -0.15) is 0 Å². The minimum absolute atomic E-state index is 0.102. The van der Waals surface area contributed by atoms with Gasteiger partial charge >= 0.3 is 0 Å². The van der Waals surface area contributed by atoms with E-state index < -0.39 is 0 Å². The molecule has 2 N–H and O–H groups in total. The number of methoxy groups -OCH3 is 2. The summed E-state index contributed by atoms with van der Waals surface area (Å²) in [6, 6.07) is 17.9. The van der Waals surface area contributed by atoms with Crippen molar-refractivity contribution in [3.8, 4) is 22.9 Å². The molecule has 0 saturated heterocycles. The van der Waals surface area contributed by atoms with E-state index in [1.165, 1.54) is 5.56 Å². The van der Waals surface area contributed by atoms with E-state index in [4.69, 9.17) is 19.2 Å². The lowest BCUT2D eigenvalue weighted by Crippen LogP contribution is -2.13. The fourth-order valence-corrected chi connectivity index (χ4v) is 4.74. The van der Waals surface area contributed by atoms with Crippen LogP contribution in [0.2, 0.25) is 0 Å². The lowest BCUT2D eigenvalue weighted by atomic mass is 10.0. The Morgan fingerprint density at radius 2 is 1.77 bits per heavy atom. The number of fused-ring (bicyclic) bond motifs is 1. The number of nitrogens with one attached hydrogen (secondary N) is 1. The molecule has 35 heavy (non-hydrogen) atoms. The zero-order valence-corrected chi connectivity index (χ0v) is 22.1. The number of ether oxygens (including phenoxy) is 3. The number of aliphatic hydroxyl groups excluding tert-OH is 1. The van der Waals surface area contributed by atoms with Crippen LogP contribution in [0.1, 0.15) is 49.0 Å². The number of nitrogens with zero attached hydrogens (tertiary/aromatic N) is 1. The van der Waals surface area contributed by atoms with E-state index >= 15 is 0 Å². The number of hydrogen-bond donors (Lipinski definition) is 2. The van der Waals surface area contributed by atoms with Crippen LogP contribution in [0, 0.1) is 0 Å². The number of aromatic amines is 1. The number of rotatable bonds is 10. The fourth-order valence-electron chi connectivity index (χ4n) is 4.09. The highest BCUT2D eigenvalue weighted by atomic mass is 79.9. The Morgan fingerprint density at radius 3 is 2.43 bits per heavy atom. The molecular formula is C28H31BrN2O4. The Kier molecular flexibility index (Phi) is 8.11. The predicted molar refractivity (Wildman–Crippen MR) is 142 cm³/mol. The third kappa shape index (κ3) is 5.37. The predicted octanol–water partition coefficient (Wildman–Crippen LogP) is 6.77. The molecule has 3 aromatic carbocycles. The standard InChI is InChI=1S/C28H31BrN2O4/c1-17(2)18-9-11-19(12-10-18)28-30-26-24(34-4)15-21(25(29)27(26)31-28)23(13-14-33-3)35-22-8-6-5-7-20(22)16-32/h5-12,15,17,23,32H,13-14,16H2,1-4H3,(H,30,31). The van der Waals surface area contributed by atoms with Crippen molar-refractivity contribution >= 4 is 27.0 Å². The summed E-state index contributed by atoms with van der Waals surface area (Å²) in [4.78, 5) is 8.35. The molecule has 1 heterocycles. The molecule has 184 valence electrons. The van der Waals surface area contributed by atoms with Crippen LogP contribution in [0.4, 0.5) is 0 Å². The number of H-pyrrole nitrogens is 1. The van der Waals surface area contributed by atoms with Crippen LogP contribution in [0.5, 0.6) is 11.5 Å². The number of imidazole rings is 1. The van der Waals surface area contributed by atoms with E-state index in [-0.39, 0.29) is 12.7 Å². The van der Waals surface area contributed by atoms with Crippen molar-refractivity contribution < 1.29 is 19.3 Å². The number of aliphatic hydroxyl groups is 1. The van der Waals surface area contributed by atoms with Crippen LogP contribution in [0.25, 0.3) is 22.4 Å². The molecule has 1 aromatic heterocycles. The van der Waals surface area contributed by atoms with Crippen LogP contribution in [0.3, 0.4) is 0 Å².